The highest BCUT2D eigenvalue weighted by atomic mass is 16.5. The first-order valence-electron chi connectivity index (χ1n) is 5.43. The number of hydrogen-bond donors (Lipinski definition) is 2. The Morgan fingerprint density at radius 3 is 2.94 bits per heavy atom. The summed E-state index contributed by atoms with van der Waals surface area (Å²) in [6, 6.07) is 7.96. The summed E-state index contributed by atoms with van der Waals surface area (Å²) in [6.45, 7) is 2.85. The van der Waals surface area contributed by atoms with Gasteiger partial charge >= 0.3 is 6.09 Å². The molecule has 1 atom stereocenters. The molecule has 0 saturated heterocycles. The number of nitrogens with one attached hydrogen (secondary N) is 1. The maximum Gasteiger partial charge on any atom is 0.404 e. The third-order valence-corrected chi connectivity index (χ3v) is 2.39. The average molecular weight is 238 g/mol. The summed E-state index contributed by atoms with van der Waals surface area (Å²) in [5.74, 6) is 0.824. The highest BCUT2D eigenvalue weighted by molar-refractivity contribution is 5.64. The zero-order valence-electron chi connectivity index (χ0n) is 10.1. The first kappa shape index (κ1) is 13.3. The summed E-state index contributed by atoms with van der Waals surface area (Å²) in [5, 5.41) is 3.22. The van der Waals surface area contributed by atoms with E-state index in [1.807, 2.05) is 31.2 Å². The fourth-order valence-corrected chi connectivity index (χ4v) is 1.46. The Bertz CT molecular complexity index is 369. The molecule has 1 unspecified atom stereocenters. The number of primary amides is 1. The molecule has 0 aromatic heterocycles. The molecule has 1 amide bonds. The molecule has 0 aliphatic rings. The van der Waals surface area contributed by atoms with Crippen LogP contribution in [0.25, 0.3) is 0 Å². The van der Waals surface area contributed by atoms with E-state index in [4.69, 9.17) is 10.5 Å². The molecular weight excluding hydrogens is 220 g/mol. The summed E-state index contributed by atoms with van der Waals surface area (Å²) in [4.78, 5) is 10.4. The number of hydrogen-bond acceptors (Lipinski definition) is 4. The van der Waals surface area contributed by atoms with Crippen LogP contribution in [-0.2, 0) is 4.74 Å². The predicted octanol–water partition coefficient (Wildman–Crippen LogP) is 1.44. The Labute approximate surface area is 101 Å². The van der Waals surface area contributed by atoms with Crippen LogP contribution in [0.5, 0.6) is 5.75 Å². The standard InChI is InChI=1S/C12H18N2O3/c1-9(14-6-7-17-12(13)15)10-4-3-5-11(8-10)16-2/h3-5,8-9,14H,6-7H2,1-2H3,(H2,13,15). The number of methoxy groups -OCH3 is 1. The van der Waals surface area contributed by atoms with Crippen LogP contribution in [0.2, 0.25) is 0 Å². The van der Waals surface area contributed by atoms with Gasteiger partial charge in [-0.2, -0.15) is 0 Å². The van der Waals surface area contributed by atoms with Crippen molar-refractivity contribution in [1.82, 2.24) is 5.32 Å². The zero-order valence-corrected chi connectivity index (χ0v) is 10.1. The molecule has 0 aliphatic carbocycles. The number of carbonyl (C=O) groups is 1. The Kier molecular flexibility index (Phi) is 5.29. The fourth-order valence-electron chi connectivity index (χ4n) is 1.46. The van der Waals surface area contributed by atoms with Crippen molar-refractivity contribution < 1.29 is 14.3 Å². The minimum absolute atomic E-state index is 0.154. The van der Waals surface area contributed by atoms with Gasteiger partial charge in [-0.1, -0.05) is 12.1 Å². The van der Waals surface area contributed by atoms with Gasteiger partial charge in [-0.3, -0.25) is 0 Å². The van der Waals surface area contributed by atoms with Gasteiger partial charge in [-0.25, -0.2) is 4.79 Å². The Balaban J connectivity index is 2.40. The SMILES string of the molecule is COc1cccc(C(C)NCCOC(N)=O)c1. The monoisotopic (exact) mass is 238 g/mol. The Morgan fingerprint density at radius 2 is 2.29 bits per heavy atom. The molecule has 0 aliphatic heterocycles. The molecule has 3 N–H and O–H groups in total. The van der Waals surface area contributed by atoms with Gasteiger partial charge in [0.15, 0.2) is 0 Å². The Morgan fingerprint density at radius 1 is 1.53 bits per heavy atom. The average Bonchev–Trinajstić information content (AvgIpc) is 2.34. The van der Waals surface area contributed by atoms with Crippen LogP contribution in [0.4, 0.5) is 4.79 Å². The van der Waals surface area contributed by atoms with Gasteiger partial charge < -0.3 is 20.5 Å². The summed E-state index contributed by atoms with van der Waals surface area (Å²) in [7, 11) is 1.64. The molecule has 0 heterocycles. The van der Waals surface area contributed by atoms with Crippen molar-refractivity contribution in [3.8, 4) is 5.75 Å². The van der Waals surface area contributed by atoms with E-state index in [1.54, 1.807) is 7.11 Å². The third-order valence-electron chi connectivity index (χ3n) is 2.39. The quantitative estimate of drug-likeness (QED) is 0.735. The van der Waals surface area contributed by atoms with Crippen molar-refractivity contribution in [3.63, 3.8) is 0 Å². The number of rotatable bonds is 6. The maximum absolute atomic E-state index is 10.4. The van der Waals surface area contributed by atoms with Crippen LogP contribution >= 0.6 is 0 Å². The molecule has 5 nitrogen and oxygen atoms in total. The van der Waals surface area contributed by atoms with Crippen molar-refractivity contribution in [2.45, 2.75) is 13.0 Å². The maximum atomic E-state index is 10.4. The summed E-state index contributed by atoms with van der Waals surface area (Å²) < 4.78 is 9.77. The van der Waals surface area contributed by atoms with Crippen molar-refractivity contribution in [1.29, 1.82) is 0 Å². The molecule has 0 saturated carbocycles. The lowest BCUT2D eigenvalue weighted by Gasteiger charge is -2.14. The highest BCUT2D eigenvalue weighted by Gasteiger charge is 2.05. The van der Waals surface area contributed by atoms with Crippen molar-refractivity contribution >= 4 is 6.09 Å². The predicted molar refractivity (Wildman–Crippen MR) is 64.9 cm³/mol. The van der Waals surface area contributed by atoms with Gasteiger partial charge in [0.25, 0.3) is 0 Å². The van der Waals surface area contributed by atoms with Crippen LogP contribution in [0.1, 0.15) is 18.5 Å². The van der Waals surface area contributed by atoms with Gasteiger partial charge in [0.05, 0.1) is 7.11 Å². The topological polar surface area (TPSA) is 73.6 Å². The number of carbonyl (C=O) groups excluding carboxylic acids is 1. The lowest BCUT2D eigenvalue weighted by Crippen LogP contribution is -2.25. The minimum atomic E-state index is -0.749. The first-order valence-corrected chi connectivity index (χ1v) is 5.43. The second-order valence-electron chi connectivity index (χ2n) is 3.62. The van der Waals surface area contributed by atoms with Gasteiger partial charge in [0.1, 0.15) is 12.4 Å². The van der Waals surface area contributed by atoms with Gasteiger partial charge in [0, 0.05) is 12.6 Å². The van der Waals surface area contributed by atoms with E-state index in [0.29, 0.717) is 6.54 Å². The summed E-state index contributed by atoms with van der Waals surface area (Å²) in [5.41, 5.74) is 5.97. The molecule has 0 bridgehead atoms. The third kappa shape index (κ3) is 4.74. The molecule has 94 valence electrons. The molecule has 5 heteroatoms. The van der Waals surface area contributed by atoms with E-state index in [0.717, 1.165) is 11.3 Å². The molecule has 0 spiro atoms. The van der Waals surface area contributed by atoms with E-state index in [1.165, 1.54) is 0 Å². The van der Waals surface area contributed by atoms with E-state index >= 15 is 0 Å². The van der Waals surface area contributed by atoms with Gasteiger partial charge in [-0.15, -0.1) is 0 Å². The lowest BCUT2D eigenvalue weighted by atomic mass is 10.1. The zero-order chi connectivity index (χ0) is 12.7. The number of ether oxygens (including phenoxy) is 2. The second kappa shape index (κ2) is 6.75. The van der Waals surface area contributed by atoms with Crippen molar-refractivity contribution in [3.05, 3.63) is 29.8 Å². The van der Waals surface area contributed by atoms with E-state index < -0.39 is 6.09 Å². The van der Waals surface area contributed by atoms with Gasteiger partial charge in [-0.05, 0) is 24.6 Å². The molecule has 1 aromatic rings. The van der Waals surface area contributed by atoms with Gasteiger partial charge in [0.2, 0.25) is 0 Å². The summed E-state index contributed by atoms with van der Waals surface area (Å²) in [6.07, 6.45) is -0.749. The molecule has 1 rings (SSSR count). The molecular formula is C12H18N2O3. The molecule has 0 fully saturated rings. The van der Waals surface area contributed by atoms with Crippen LogP contribution in [0.3, 0.4) is 0 Å². The number of benzene rings is 1. The number of nitrogens with two attached hydrogens (primary N) is 1. The lowest BCUT2D eigenvalue weighted by molar-refractivity contribution is 0.156. The van der Waals surface area contributed by atoms with Crippen LogP contribution < -0.4 is 15.8 Å². The molecule has 1 aromatic carbocycles. The fraction of sp³-hybridized carbons (Fsp3) is 0.417. The van der Waals surface area contributed by atoms with Crippen LogP contribution in [0, 0.1) is 0 Å². The first-order chi connectivity index (χ1) is 8.13. The van der Waals surface area contributed by atoms with Crippen molar-refractivity contribution in [2.24, 2.45) is 5.73 Å². The minimum Gasteiger partial charge on any atom is -0.497 e. The van der Waals surface area contributed by atoms with E-state index in [-0.39, 0.29) is 12.6 Å². The molecule has 0 radical (unpaired) electrons. The second-order valence-corrected chi connectivity index (χ2v) is 3.62. The van der Waals surface area contributed by atoms with E-state index in [2.05, 4.69) is 10.1 Å². The number of amides is 1. The highest BCUT2D eigenvalue weighted by Crippen LogP contribution is 2.18. The van der Waals surface area contributed by atoms with Crippen LogP contribution in [-0.4, -0.2) is 26.4 Å². The van der Waals surface area contributed by atoms with Crippen LogP contribution in [0.15, 0.2) is 24.3 Å². The van der Waals surface area contributed by atoms with Crippen molar-refractivity contribution in [2.75, 3.05) is 20.3 Å². The smallest absolute Gasteiger partial charge is 0.404 e. The van der Waals surface area contributed by atoms with E-state index in [9.17, 15) is 4.79 Å². The summed E-state index contributed by atoms with van der Waals surface area (Å²) >= 11 is 0. The molecule has 17 heavy (non-hydrogen) atoms. The normalized spacial score (nSPS) is 11.9. The Hall–Kier alpha value is -1.75. The largest absolute Gasteiger partial charge is 0.497 e.